The smallest absolute Gasteiger partial charge is 0.352 e. The summed E-state index contributed by atoms with van der Waals surface area (Å²) in [5.41, 5.74) is 6.39. The van der Waals surface area contributed by atoms with Crippen LogP contribution in [0.3, 0.4) is 0 Å². The highest BCUT2D eigenvalue weighted by molar-refractivity contribution is 8.00. The van der Waals surface area contributed by atoms with Gasteiger partial charge in [0.25, 0.3) is 0 Å². The van der Waals surface area contributed by atoms with Crippen LogP contribution in [0.1, 0.15) is 0 Å². The SMILES string of the molecule is N[C@@H]1C(=O)N2C(C(=O)O)=C(CSN3CN(N)N=N3)CS[C@H]12. The number of carboxylic acids is 1. The van der Waals surface area contributed by atoms with E-state index in [1.165, 1.54) is 33.7 Å². The highest BCUT2D eigenvalue weighted by Crippen LogP contribution is 2.40. The van der Waals surface area contributed by atoms with Crippen LogP contribution < -0.4 is 11.6 Å². The van der Waals surface area contributed by atoms with Crippen molar-refractivity contribution in [1.29, 1.82) is 0 Å². The van der Waals surface area contributed by atoms with Crippen LogP contribution in [0.2, 0.25) is 0 Å². The number of thioether (sulfide) groups is 1. The van der Waals surface area contributed by atoms with Gasteiger partial charge in [0.05, 0.1) is 0 Å². The van der Waals surface area contributed by atoms with E-state index in [9.17, 15) is 14.7 Å². The Kier molecular flexibility index (Phi) is 3.69. The van der Waals surface area contributed by atoms with E-state index in [4.69, 9.17) is 11.6 Å². The lowest BCUT2D eigenvalue weighted by molar-refractivity contribution is -0.147. The summed E-state index contributed by atoms with van der Waals surface area (Å²) >= 11 is 2.77. The second kappa shape index (κ2) is 5.36. The third-order valence-electron chi connectivity index (χ3n) is 3.20. The molecule has 2 atom stereocenters. The van der Waals surface area contributed by atoms with Gasteiger partial charge in [-0.25, -0.2) is 10.6 Å². The summed E-state index contributed by atoms with van der Waals surface area (Å²) in [6.07, 6.45) is 0. The zero-order chi connectivity index (χ0) is 15.1. The minimum Gasteiger partial charge on any atom is -0.477 e. The third kappa shape index (κ3) is 2.43. The summed E-state index contributed by atoms with van der Waals surface area (Å²) in [5.74, 6) is 4.89. The van der Waals surface area contributed by atoms with Crippen molar-refractivity contribution >= 4 is 35.6 Å². The number of carbonyl (C=O) groups excluding carboxylic acids is 1. The average molecular weight is 331 g/mol. The maximum Gasteiger partial charge on any atom is 0.352 e. The Balaban J connectivity index is 1.74. The van der Waals surface area contributed by atoms with E-state index in [-0.39, 0.29) is 17.0 Å². The van der Waals surface area contributed by atoms with E-state index in [2.05, 4.69) is 10.4 Å². The van der Waals surface area contributed by atoms with Crippen molar-refractivity contribution in [2.75, 3.05) is 18.2 Å². The minimum absolute atomic E-state index is 0.0405. The van der Waals surface area contributed by atoms with Crippen molar-refractivity contribution in [1.82, 2.24) is 14.4 Å². The number of carbonyl (C=O) groups is 2. The van der Waals surface area contributed by atoms with Gasteiger partial charge < -0.3 is 10.8 Å². The van der Waals surface area contributed by atoms with Crippen molar-refractivity contribution < 1.29 is 14.7 Å². The van der Waals surface area contributed by atoms with Gasteiger partial charge in [-0.1, -0.05) is 0 Å². The molecule has 1 fully saturated rings. The highest BCUT2D eigenvalue weighted by atomic mass is 32.2. The number of nitrogens with zero attached hydrogens (tertiary/aromatic N) is 5. The quantitative estimate of drug-likeness (QED) is 0.334. The molecule has 0 radical (unpaired) electrons. The van der Waals surface area contributed by atoms with Crippen LogP contribution in [0.15, 0.2) is 21.7 Å². The standard InChI is InChI=1S/C9H13N7O3S2/c10-5-7(17)16-6(9(18)19)4(1-20-8(5)16)2-21-15-3-14(11)12-13-15/h5,8H,1-3,10-11H2,(H,18,19)/t5-,8-/m1/s1. The number of fused-ring (bicyclic) bond motifs is 1. The lowest BCUT2D eigenvalue weighted by Gasteiger charge is -2.48. The Bertz CT molecular complexity index is 553. The van der Waals surface area contributed by atoms with Crippen LogP contribution in [0.4, 0.5) is 0 Å². The third-order valence-corrected chi connectivity index (χ3v) is 5.52. The molecular weight excluding hydrogens is 318 g/mol. The van der Waals surface area contributed by atoms with Crippen molar-refractivity contribution in [3.63, 3.8) is 0 Å². The fraction of sp³-hybridized carbons (Fsp3) is 0.556. The van der Waals surface area contributed by atoms with E-state index in [0.717, 1.165) is 0 Å². The number of carboxylic acid groups (broad SMARTS) is 1. The van der Waals surface area contributed by atoms with Crippen molar-refractivity contribution in [2.45, 2.75) is 11.4 Å². The predicted molar refractivity (Wildman–Crippen MR) is 75.8 cm³/mol. The lowest BCUT2D eigenvalue weighted by Crippen LogP contribution is -2.68. The molecule has 0 saturated carbocycles. The number of nitrogens with two attached hydrogens (primary N) is 2. The molecule has 0 aromatic carbocycles. The molecule has 114 valence electrons. The van der Waals surface area contributed by atoms with Crippen molar-refractivity contribution in [3.8, 4) is 0 Å². The molecule has 12 heteroatoms. The molecule has 3 aliphatic rings. The molecule has 21 heavy (non-hydrogen) atoms. The van der Waals surface area contributed by atoms with Crippen LogP contribution in [0.5, 0.6) is 0 Å². The average Bonchev–Trinajstić information content (AvgIpc) is 2.88. The number of rotatable bonds is 4. The van der Waals surface area contributed by atoms with Crippen LogP contribution in [-0.2, 0) is 9.59 Å². The first-order chi connectivity index (χ1) is 9.99. The van der Waals surface area contributed by atoms with Gasteiger partial charge in [-0.3, -0.25) is 9.69 Å². The van der Waals surface area contributed by atoms with Crippen LogP contribution in [0, 0.1) is 0 Å². The molecule has 0 aromatic heterocycles. The summed E-state index contributed by atoms with van der Waals surface area (Å²) in [6.45, 7) is 0.323. The maximum absolute atomic E-state index is 11.8. The Hall–Kier alpha value is -1.50. The van der Waals surface area contributed by atoms with Gasteiger partial charge in [0.1, 0.15) is 17.1 Å². The molecule has 0 bridgehead atoms. The van der Waals surface area contributed by atoms with E-state index in [0.29, 0.717) is 23.7 Å². The molecule has 0 aliphatic carbocycles. The van der Waals surface area contributed by atoms with E-state index in [1.807, 2.05) is 0 Å². The first kappa shape index (κ1) is 14.4. The first-order valence-electron chi connectivity index (χ1n) is 5.99. The van der Waals surface area contributed by atoms with Gasteiger partial charge in [-0.2, -0.15) is 9.53 Å². The second-order valence-corrected chi connectivity index (χ2v) is 6.65. The zero-order valence-corrected chi connectivity index (χ0v) is 12.4. The molecule has 1 amide bonds. The van der Waals surface area contributed by atoms with E-state index in [1.54, 1.807) is 4.41 Å². The number of β-lactam (4-membered cyclic amide) rings is 1. The molecular formula is C9H13N7O3S2. The lowest BCUT2D eigenvalue weighted by atomic mass is 10.0. The normalized spacial score (nSPS) is 28.1. The van der Waals surface area contributed by atoms with Gasteiger partial charge in [-0.05, 0) is 28.0 Å². The summed E-state index contributed by atoms with van der Waals surface area (Å²) in [7, 11) is 0. The molecule has 5 N–H and O–H groups in total. The molecule has 0 spiro atoms. The van der Waals surface area contributed by atoms with Gasteiger partial charge in [-0.15, -0.1) is 11.8 Å². The maximum atomic E-state index is 11.8. The Morgan fingerprint density at radius 3 is 2.90 bits per heavy atom. The van der Waals surface area contributed by atoms with E-state index >= 15 is 0 Å². The molecule has 10 nitrogen and oxygen atoms in total. The topological polar surface area (TPSA) is 141 Å². The van der Waals surface area contributed by atoms with Gasteiger partial charge in [0.2, 0.25) is 5.91 Å². The van der Waals surface area contributed by atoms with Crippen LogP contribution >= 0.6 is 23.7 Å². The Labute approximate surface area is 128 Å². The van der Waals surface area contributed by atoms with Gasteiger partial charge >= 0.3 is 5.97 Å². The van der Waals surface area contributed by atoms with Gasteiger partial charge in [0.15, 0.2) is 6.67 Å². The highest BCUT2D eigenvalue weighted by Gasteiger charge is 2.51. The number of amides is 1. The fourth-order valence-corrected chi connectivity index (χ4v) is 4.44. The van der Waals surface area contributed by atoms with Gasteiger partial charge in [0, 0.05) is 11.5 Å². The van der Waals surface area contributed by atoms with E-state index < -0.39 is 12.0 Å². The number of hydrogen-bond acceptors (Lipinski definition) is 10. The molecule has 1 saturated heterocycles. The monoisotopic (exact) mass is 331 g/mol. The number of hydrogen-bond donors (Lipinski definition) is 3. The van der Waals surface area contributed by atoms with Crippen molar-refractivity contribution in [2.24, 2.45) is 22.0 Å². The summed E-state index contributed by atoms with van der Waals surface area (Å²) in [6, 6.07) is -0.614. The summed E-state index contributed by atoms with van der Waals surface area (Å²) in [4.78, 5) is 24.5. The Morgan fingerprint density at radius 2 is 2.29 bits per heavy atom. The molecule has 3 rings (SSSR count). The Morgan fingerprint density at radius 1 is 1.52 bits per heavy atom. The molecule has 0 unspecified atom stereocenters. The summed E-state index contributed by atoms with van der Waals surface area (Å²) < 4.78 is 1.55. The predicted octanol–water partition coefficient (Wildman–Crippen LogP) is -1.05. The van der Waals surface area contributed by atoms with Crippen LogP contribution in [0.25, 0.3) is 0 Å². The first-order valence-corrected chi connectivity index (χ1v) is 7.98. The number of aliphatic carboxylic acids is 1. The molecule has 0 aromatic rings. The van der Waals surface area contributed by atoms with Crippen molar-refractivity contribution in [3.05, 3.63) is 11.3 Å². The number of hydrazine groups is 1. The second-order valence-electron chi connectivity index (χ2n) is 4.58. The molecule has 3 aliphatic heterocycles. The summed E-state index contributed by atoms with van der Waals surface area (Å²) in [5, 5.41) is 17.7. The zero-order valence-electron chi connectivity index (χ0n) is 10.7. The molecule has 3 heterocycles. The largest absolute Gasteiger partial charge is 0.477 e. The minimum atomic E-state index is -1.11. The van der Waals surface area contributed by atoms with Crippen LogP contribution in [-0.4, -0.2) is 61.0 Å². The fourth-order valence-electron chi connectivity index (χ4n) is 2.19.